The lowest BCUT2D eigenvalue weighted by Gasteiger charge is -2.10. The highest BCUT2D eigenvalue weighted by atomic mass is 35.5. The van der Waals surface area contributed by atoms with Gasteiger partial charge in [-0.1, -0.05) is 17.7 Å². The van der Waals surface area contributed by atoms with Crippen LogP contribution in [0.25, 0.3) is 11.5 Å². The van der Waals surface area contributed by atoms with E-state index in [0.717, 1.165) is 5.56 Å². The Morgan fingerprint density at radius 3 is 2.79 bits per heavy atom. The minimum atomic E-state index is -3.66. The van der Waals surface area contributed by atoms with Gasteiger partial charge in [0.2, 0.25) is 10.0 Å². The quantitative estimate of drug-likeness (QED) is 0.749. The predicted molar refractivity (Wildman–Crippen MR) is 92.2 cm³/mol. The Balaban J connectivity index is 1.80. The molecule has 0 bridgehead atoms. The van der Waals surface area contributed by atoms with Gasteiger partial charge in [-0.25, -0.2) is 13.1 Å². The lowest BCUT2D eigenvalue weighted by Crippen LogP contribution is -2.24. The van der Waals surface area contributed by atoms with Crippen LogP contribution in [0, 0.1) is 6.92 Å². The van der Waals surface area contributed by atoms with E-state index in [-0.39, 0.29) is 11.4 Å². The summed E-state index contributed by atoms with van der Waals surface area (Å²) in [5.74, 6) is 0.630. The minimum Gasteiger partial charge on any atom is -0.463 e. The minimum absolute atomic E-state index is 0.143. The maximum atomic E-state index is 12.5. The molecular weight excluding hydrogens is 348 g/mol. The van der Waals surface area contributed by atoms with Crippen LogP contribution >= 0.6 is 11.6 Å². The molecule has 1 aromatic carbocycles. The van der Waals surface area contributed by atoms with E-state index in [1.807, 2.05) is 0 Å². The summed E-state index contributed by atoms with van der Waals surface area (Å²) in [6.07, 6.45) is 3.18. The second kappa shape index (κ2) is 6.76. The monoisotopic (exact) mass is 362 g/mol. The summed E-state index contributed by atoms with van der Waals surface area (Å²) in [4.78, 5) is 4.40. The topological polar surface area (TPSA) is 72.2 Å². The van der Waals surface area contributed by atoms with Gasteiger partial charge >= 0.3 is 0 Å². The number of nitrogens with one attached hydrogen (secondary N) is 1. The standard InChI is InChI=1S/C17H15ClN2O3S/c1-12-14(18)4-2-6-17(12)24(21,22)20-11-13-7-8-19-15(10-13)16-5-3-9-23-16/h2-10,20H,11H2,1H3. The summed E-state index contributed by atoms with van der Waals surface area (Å²) in [6, 6.07) is 11.9. The first-order valence-electron chi connectivity index (χ1n) is 7.21. The van der Waals surface area contributed by atoms with Crippen molar-refractivity contribution in [1.29, 1.82) is 0 Å². The molecular formula is C17H15ClN2O3S. The lowest BCUT2D eigenvalue weighted by atomic mass is 10.2. The Hall–Kier alpha value is -2.15. The first kappa shape index (κ1) is 16.7. The second-order valence-corrected chi connectivity index (χ2v) is 7.36. The summed E-state index contributed by atoms with van der Waals surface area (Å²) in [5.41, 5.74) is 1.95. The van der Waals surface area contributed by atoms with Gasteiger partial charge in [0.15, 0.2) is 5.76 Å². The van der Waals surface area contributed by atoms with Crippen LogP contribution < -0.4 is 4.72 Å². The zero-order valence-corrected chi connectivity index (χ0v) is 14.4. The molecule has 0 spiro atoms. The summed E-state index contributed by atoms with van der Waals surface area (Å²) >= 11 is 6.00. The van der Waals surface area contributed by atoms with E-state index in [2.05, 4.69) is 9.71 Å². The van der Waals surface area contributed by atoms with Crippen molar-refractivity contribution in [3.05, 3.63) is 71.1 Å². The average Bonchev–Trinajstić information content (AvgIpc) is 3.10. The first-order valence-corrected chi connectivity index (χ1v) is 9.07. The van der Waals surface area contributed by atoms with Crippen LogP contribution in [-0.2, 0) is 16.6 Å². The Morgan fingerprint density at radius 1 is 1.21 bits per heavy atom. The molecule has 3 rings (SSSR count). The van der Waals surface area contributed by atoms with E-state index >= 15 is 0 Å². The van der Waals surface area contributed by atoms with Crippen molar-refractivity contribution in [2.24, 2.45) is 0 Å². The second-order valence-electron chi connectivity index (χ2n) is 5.21. The van der Waals surface area contributed by atoms with E-state index in [0.29, 0.717) is 22.0 Å². The molecule has 7 heteroatoms. The van der Waals surface area contributed by atoms with Gasteiger partial charge in [-0.2, -0.15) is 0 Å². The number of furan rings is 1. The van der Waals surface area contributed by atoms with Crippen LogP contribution in [0.3, 0.4) is 0 Å². The van der Waals surface area contributed by atoms with Crippen molar-refractivity contribution in [3.63, 3.8) is 0 Å². The molecule has 0 radical (unpaired) electrons. The highest BCUT2D eigenvalue weighted by molar-refractivity contribution is 7.89. The molecule has 0 aliphatic carbocycles. The number of sulfonamides is 1. The molecule has 2 aromatic heterocycles. The van der Waals surface area contributed by atoms with Crippen molar-refractivity contribution >= 4 is 21.6 Å². The largest absolute Gasteiger partial charge is 0.463 e. The number of hydrogen-bond acceptors (Lipinski definition) is 4. The molecule has 1 N–H and O–H groups in total. The van der Waals surface area contributed by atoms with Gasteiger partial charge in [-0.15, -0.1) is 0 Å². The molecule has 0 aliphatic heterocycles. The molecule has 124 valence electrons. The third kappa shape index (κ3) is 3.51. The van der Waals surface area contributed by atoms with Crippen molar-refractivity contribution in [2.45, 2.75) is 18.4 Å². The van der Waals surface area contributed by atoms with E-state index in [9.17, 15) is 8.42 Å². The van der Waals surface area contributed by atoms with Gasteiger partial charge in [-0.3, -0.25) is 4.98 Å². The van der Waals surface area contributed by atoms with Crippen molar-refractivity contribution in [3.8, 4) is 11.5 Å². The van der Waals surface area contributed by atoms with Crippen LogP contribution in [0.4, 0.5) is 0 Å². The average molecular weight is 363 g/mol. The Bertz CT molecular complexity index is 954. The first-order chi connectivity index (χ1) is 11.5. The summed E-state index contributed by atoms with van der Waals surface area (Å²) in [7, 11) is -3.66. The summed E-state index contributed by atoms with van der Waals surface area (Å²) in [6.45, 7) is 1.82. The van der Waals surface area contributed by atoms with E-state index in [1.54, 1.807) is 55.8 Å². The zero-order valence-electron chi connectivity index (χ0n) is 12.9. The maximum Gasteiger partial charge on any atom is 0.241 e. The molecule has 0 saturated carbocycles. The van der Waals surface area contributed by atoms with E-state index < -0.39 is 10.0 Å². The molecule has 0 saturated heterocycles. The molecule has 0 amide bonds. The van der Waals surface area contributed by atoms with Crippen molar-refractivity contribution in [1.82, 2.24) is 9.71 Å². The Labute approximate surface area is 145 Å². The fourth-order valence-electron chi connectivity index (χ4n) is 2.28. The number of aromatic nitrogens is 1. The fraction of sp³-hybridized carbons (Fsp3) is 0.118. The molecule has 0 unspecified atom stereocenters. The molecule has 3 aromatic rings. The van der Waals surface area contributed by atoms with Gasteiger partial charge in [0.05, 0.1) is 11.2 Å². The number of hydrogen-bond donors (Lipinski definition) is 1. The zero-order chi connectivity index (χ0) is 17.2. The smallest absolute Gasteiger partial charge is 0.241 e. The number of benzene rings is 1. The third-order valence-electron chi connectivity index (χ3n) is 3.57. The van der Waals surface area contributed by atoms with Gasteiger partial charge in [-0.05, 0) is 54.4 Å². The third-order valence-corrected chi connectivity index (χ3v) is 5.53. The predicted octanol–water partition coefficient (Wildman–Crippen LogP) is 3.78. The van der Waals surface area contributed by atoms with Crippen molar-refractivity contribution < 1.29 is 12.8 Å². The number of pyridine rings is 1. The van der Waals surface area contributed by atoms with Gasteiger partial charge in [0.25, 0.3) is 0 Å². The molecule has 0 atom stereocenters. The van der Waals surface area contributed by atoms with Crippen LogP contribution in [0.2, 0.25) is 5.02 Å². The summed E-state index contributed by atoms with van der Waals surface area (Å²) < 4.78 is 32.9. The molecule has 24 heavy (non-hydrogen) atoms. The van der Waals surface area contributed by atoms with Gasteiger partial charge < -0.3 is 4.42 Å². The van der Waals surface area contributed by atoms with E-state index in [1.165, 1.54) is 6.07 Å². The highest BCUT2D eigenvalue weighted by Crippen LogP contribution is 2.23. The maximum absolute atomic E-state index is 12.5. The SMILES string of the molecule is Cc1c(Cl)cccc1S(=O)(=O)NCc1ccnc(-c2ccco2)c1. The van der Waals surface area contributed by atoms with Crippen LogP contribution in [0.15, 0.2) is 64.2 Å². The van der Waals surface area contributed by atoms with Crippen LogP contribution in [0.1, 0.15) is 11.1 Å². The van der Waals surface area contributed by atoms with E-state index in [4.69, 9.17) is 16.0 Å². The summed E-state index contributed by atoms with van der Waals surface area (Å²) in [5, 5.41) is 0.418. The van der Waals surface area contributed by atoms with Crippen molar-refractivity contribution in [2.75, 3.05) is 0 Å². The lowest BCUT2D eigenvalue weighted by molar-refractivity contribution is 0.579. The highest BCUT2D eigenvalue weighted by Gasteiger charge is 2.18. The van der Waals surface area contributed by atoms with Gasteiger partial charge in [0.1, 0.15) is 5.69 Å². The fourth-order valence-corrected chi connectivity index (χ4v) is 3.79. The van der Waals surface area contributed by atoms with Gasteiger partial charge in [0, 0.05) is 17.8 Å². The number of rotatable bonds is 5. The Morgan fingerprint density at radius 2 is 2.04 bits per heavy atom. The normalized spacial score (nSPS) is 11.6. The number of halogens is 1. The molecule has 0 aliphatic rings. The molecule has 5 nitrogen and oxygen atoms in total. The Kier molecular flexibility index (Phi) is 4.71. The molecule has 0 fully saturated rings. The van der Waals surface area contributed by atoms with Crippen LogP contribution in [-0.4, -0.2) is 13.4 Å². The number of nitrogens with zero attached hydrogens (tertiary/aromatic N) is 1. The molecule has 2 heterocycles. The van der Waals surface area contributed by atoms with Crippen LogP contribution in [0.5, 0.6) is 0 Å².